The molecule has 0 spiro atoms. The van der Waals surface area contributed by atoms with Gasteiger partial charge in [0.1, 0.15) is 0 Å². The fourth-order valence-electron chi connectivity index (χ4n) is 2.11. The summed E-state index contributed by atoms with van der Waals surface area (Å²) in [5.41, 5.74) is 1.34. The highest BCUT2D eigenvalue weighted by Gasteiger charge is 2.25. The Morgan fingerprint density at radius 1 is 1.64 bits per heavy atom. The quantitative estimate of drug-likeness (QED) is 0.494. The molecule has 2 unspecified atom stereocenters. The van der Waals surface area contributed by atoms with E-state index in [1.54, 1.807) is 6.08 Å². The third kappa shape index (κ3) is 2.57. The minimum atomic E-state index is 0.167. The second-order valence-electron chi connectivity index (χ2n) is 4.16. The molecule has 0 aromatic heterocycles. The molecule has 0 fully saturated rings. The van der Waals surface area contributed by atoms with Crippen LogP contribution in [0.5, 0.6) is 0 Å². The first-order valence-corrected chi connectivity index (χ1v) is 5.54. The number of ketones is 1. The molecule has 0 aliphatic heterocycles. The van der Waals surface area contributed by atoms with E-state index in [1.165, 1.54) is 5.57 Å². The van der Waals surface area contributed by atoms with Gasteiger partial charge in [0.25, 0.3) is 0 Å². The lowest BCUT2D eigenvalue weighted by Gasteiger charge is -2.25. The first-order valence-electron chi connectivity index (χ1n) is 5.54. The van der Waals surface area contributed by atoms with Crippen molar-refractivity contribution in [3.05, 3.63) is 23.8 Å². The lowest BCUT2D eigenvalue weighted by atomic mass is 9.78. The Labute approximate surface area is 86.9 Å². The van der Waals surface area contributed by atoms with Crippen LogP contribution in [0.15, 0.2) is 23.8 Å². The molecule has 1 heteroatoms. The van der Waals surface area contributed by atoms with Crippen molar-refractivity contribution in [2.45, 2.75) is 40.0 Å². The van der Waals surface area contributed by atoms with Gasteiger partial charge in [-0.15, -0.1) is 0 Å². The third-order valence-electron chi connectivity index (χ3n) is 2.95. The molecular weight excluding hydrogens is 172 g/mol. The zero-order valence-electron chi connectivity index (χ0n) is 9.42. The molecule has 1 nitrogen and oxygen atoms in total. The van der Waals surface area contributed by atoms with Crippen molar-refractivity contribution in [2.24, 2.45) is 11.8 Å². The van der Waals surface area contributed by atoms with Gasteiger partial charge in [0, 0.05) is 5.92 Å². The zero-order chi connectivity index (χ0) is 10.6. The molecule has 0 radical (unpaired) electrons. The monoisotopic (exact) mass is 192 g/mol. The Morgan fingerprint density at radius 3 is 2.93 bits per heavy atom. The van der Waals surface area contributed by atoms with Crippen LogP contribution in [0.2, 0.25) is 0 Å². The van der Waals surface area contributed by atoms with Crippen LogP contribution in [0.25, 0.3) is 0 Å². The van der Waals surface area contributed by atoms with Gasteiger partial charge >= 0.3 is 0 Å². The van der Waals surface area contributed by atoms with Crippen LogP contribution in [0, 0.1) is 11.8 Å². The van der Waals surface area contributed by atoms with Crippen LogP contribution in [0.4, 0.5) is 0 Å². The number of hydrogen-bond acceptors (Lipinski definition) is 1. The molecule has 0 aromatic rings. The van der Waals surface area contributed by atoms with Crippen LogP contribution in [-0.2, 0) is 4.79 Å². The van der Waals surface area contributed by atoms with E-state index < -0.39 is 0 Å². The smallest absolute Gasteiger partial charge is 0.162 e. The summed E-state index contributed by atoms with van der Waals surface area (Å²) < 4.78 is 0. The van der Waals surface area contributed by atoms with Gasteiger partial charge in [-0.1, -0.05) is 31.6 Å². The van der Waals surface area contributed by atoms with E-state index in [2.05, 4.69) is 19.9 Å². The number of carbonyl (C=O) groups excluding carboxylic acids is 1. The standard InChI is InChI=1S/C13H20O/c1-4-6-13(14)12-9-10(3)7-8-11(12)5-2/h4,6,8,10,12H,5,7,9H2,1-3H3/b6-4+. The van der Waals surface area contributed by atoms with Gasteiger partial charge < -0.3 is 0 Å². The summed E-state index contributed by atoms with van der Waals surface area (Å²) in [4.78, 5) is 11.8. The van der Waals surface area contributed by atoms with Gasteiger partial charge in [-0.3, -0.25) is 4.79 Å². The van der Waals surface area contributed by atoms with Gasteiger partial charge in [0.05, 0.1) is 0 Å². The summed E-state index contributed by atoms with van der Waals surface area (Å²) in [6, 6.07) is 0. The van der Waals surface area contributed by atoms with Gasteiger partial charge in [-0.05, 0) is 38.2 Å². The van der Waals surface area contributed by atoms with Crippen molar-refractivity contribution in [3.63, 3.8) is 0 Å². The SMILES string of the molecule is C/C=C/C(=O)C1CC(C)CC=C1CC. The molecule has 78 valence electrons. The molecular formula is C13H20O. The molecule has 0 aromatic carbocycles. The van der Waals surface area contributed by atoms with E-state index in [-0.39, 0.29) is 11.7 Å². The summed E-state index contributed by atoms with van der Waals surface area (Å²) >= 11 is 0. The summed E-state index contributed by atoms with van der Waals surface area (Å²) in [6.45, 7) is 6.26. The average Bonchev–Trinajstić information content (AvgIpc) is 2.18. The molecule has 1 aliphatic rings. The average molecular weight is 192 g/mol. The summed E-state index contributed by atoms with van der Waals surface area (Å²) in [7, 11) is 0. The molecule has 0 saturated heterocycles. The molecule has 0 bridgehead atoms. The fraction of sp³-hybridized carbons (Fsp3) is 0.615. The van der Waals surface area contributed by atoms with E-state index in [0.717, 1.165) is 19.3 Å². The lowest BCUT2D eigenvalue weighted by Crippen LogP contribution is -2.21. The largest absolute Gasteiger partial charge is 0.294 e. The predicted octanol–water partition coefficient (Wildman–Crippen LogP) is 3.51. The van der Waals surface area contributed by atoms with Crippen molar-refractivity contribution < 1.29 is 4.79 Å². The molecule has 0 saturated carbocycles. The second kappa shape index (κ2) is 5.14. The topological polar surface area (TPSA) is 17.1 Å². The molecule has 0 amide bonds. The Kier molecular flexibility index (Phi) is 4.12. The Balaban J connectivity index is 2.78. The van der Waals surface area contributed by atoms with Crippen LogP contribution in [0.1, 0.15) is 40.0 Å². The van der Waals surface area contributed by atoms with Crippen LogP contribution >= 0.6 is 0 Å². The molecule has 1 aliphatic carbocycles. The van der Waals surface area contributed by atoms with Crippen molar-refractivity contribution >= 4 is 5.78 Å². The predicted molar refractivity (Wildman–Crippen MR) is 60.1 cm³/mol. The Morgan fingerprint density at radius 2 is 2.36 bits per heavy atom. The maximum atomic E-state index is 11.8. The summed E-state index contributed by atoms with van der Waals surface area (Å²) in [6.07, 6.45) is 9.01. The zero-order valence-corrected chi connectivity index (χ0v) is 9.42. The Bertz CT molecular complexity index is 260. The van der Waals surface area contributed by atoms with Gasteiger partial charge in [-0.2, -0.15) is 0 Å². The van der Waals surface area contributed by atoms with Gasteiger partial charge in [-0.25, -0.2) is 0 Å². The number of hydrogen-bond donors (Lipinski definition) is 0. The second-order valence-corrected chi connectivity index (χ2v) is 4.16. The number of carbonyl (C=O) groups is 1. The van der Waals surface area contributed by atoms with E-state index in [0.29, 0.717) is 5.92 Å². The minimum Gasteiger partial charge on any atom is -0.294 e. The maximum absolute atomic E-state index is 11.8. The molecule has 0 N–H and O–H groups in total. The van der Waals surface area contributed by atoms with Gasteiger partial charge in [0.2, 0.25) is 0 Å². The van der Waals surface area contributed by atoms with E-state index in [1.807, 2.05) is 13.0 Å². The van der Waals surface area contributed by atoms with Gasteiger partial charge in [0.15, 0.2) is 5.78 Å². The minimum absolute atomic E-state index is 0.167. The highest BCUT2D eigenvalue weighted by molar-refractivity contribution is 5.93. The number of rotatable bonds is 3. The highest BCUT2D eigenvalue weighted by atomic mass is 16.1. The van der Waals surface area contributed by atoms with E-state index in [4.69, 9.17) is 0 Å². The van der Waals surface area contributed by atoms with Crippen molar-refractivity contribution in [3.8, 4) is 0 Å². The van der Waals surface area contributed by atoms with Crippen LogP contribution in [-0.4, -0.2) is 5.78 Å². The highest BCUT2D eigenvalue weighted by Crippen LogP contribution is 2.31. The van der Waals surface area contributed by atoms with Crippen molar-refractivity contribution in [1.29, 1.82) is 0 Å². The van der Waals surface area contributed by atoms with Crippen molar-refractivity contribution in [2.75, 3.05) is 0 Å². The molecule has 14 heavy (non-hydrogen) atoms. The van der Waals surface area contributed by atoms with Crippen LogP contribution < -0.4 is 0 Å². The Hall–Kier alpha value is -0.850. The third-order valence-corrected chi connectivity index (χ3v) is 2.95. The van der Waals surface area contributed by atoms with E-state index in [9.17, 15) is 4.79 Å². The van der Waals surface area contributed by atoms with E-state index >= 15 is 0 Å². The molecule has 2 atom stereocenters. The lowest BCUT2D eigenvalue weighted by molar-refractivity contribution is -0.117. The first kappa shape index (κ1) is 11.2. The molecule has 1 rings (SSSR count). The number of allylic oxidation sites excluding steroid dienone is 4. The summed E-state index contributed by atoms with van der Waals surface area (Å²) in [5.74, 6) is 1.11. The van der Waals surface area contributed by atoms with Crippen LogP contribution in [0.3, 0.4) is 0 Å². The first-order chi connectivity index (χ1) is 6.69. The maximum Gasteiger partial charge on any atom is 0.162 e. The fourth-order valence-corrected chi connectivity index (χ4v) is 2.11. The van der Waals surface area contributed by atoms with Crippen molar-refractivity contribution in [1.82, 2.24) is 0 Å². The molecule has 0 heterocycles. The summed E-state index contributed by atoms with van der Waals surface area (Å²) in [5, 5.41) is 0. The normalized spacial score (nSPS) is 27.8.